The van der Waals surface area contributed by atoms with Gasteiger partial charge in [-0.15, -0.1) is 0 Å². The molecule has 1 atom stereocenters. The van der Waals surface area contributed by atoms with Gasteiger partial charge in [0, 0.05) is 13.0 Å². The molecule has 0 fully saturated rings. The zero-order valence-electron chi connectivity index (χ0n) is 29.2. The molecule has 0 heterocycles. The number of unbranched alkanes of at least 4 members (excludes halogenated alkanes) is 18. The number of rotatable bonds is 34. The molecule has 0 saturated heterocycles. The minimum absolute atomic E-state index is 0.174. The third-order valence-electron chi connectivity index (χ3n) is 7.92. The summed E-state index contributed by atoms with van der Waals surface area (Å²) in [5, 5.41) is 9.55. The van der Waals surface area contributed by atoms with E-state index in [9.17, 15) is 9.90 Å². The molecule has 1 unspecified atom stereocenters. The molecule has 0 spiro atoms. The summed E-state index contributed by atoms with van der Waals surface area (Å²) < 4.78 is 11.1. The Morgan fingerprint density at radius 3 is 1.55 bits per heavy atom. The molecule has 44 heavy (non-hydrogen) atoms. The summed E-state index contributed by atoms with van der Waals surface area (Å²) in [6.07, 6.45) is 47.2. The lowest BCUT2D eigenvalue weighted by atomic mass is 10.1. The van der Waals surface area contributed by atoms with Crippen molar-refractivity contribution < 1.29 is 19.4 Å². The van der Waals surface area contributed by atoms with Gasteiger partial charge in [0.25, 0.3) is 0 Å². The van der Waals surface area contributed by atoms with Crippen LogP contribution in [0.15, 0.2) is 48.6 Å². The van der Waals surface area contributed by atoms with Crippen molar-refractivity contribution in [3.05, 3.63) is 48.6 Å². The summed E-state index contributed by atoms with van der Waals surface area (Å²) in [5.74, 6) is -0.210. The number of hydrogen-bond donors (Lipinski definition) is 1. The van der Waals surface area contributed by atoms with Gasteiger partial charge in [-0.05, 0) is 51.4 Å². The number of aliphatic hydroxyl groups is 1. The molecule has 0 radical (unpaired) electrons. The lowest BCUT2D eigenvalue weighted by Gasteiger charge is -2.16. The van der Waals surface area contributed by atoms with Crippen LogP contribution in [0.5, 0.6) is 0 Å². The first-order valence-electron chi connectivity index (χ1n) is 18.7. The van der Waals surface area contributed by atoms with Crippen LogP contribution in [0.3, 0.4) is 0 Å². The Morgan fingerprint density at radius 2 is 1.02 bits per heavy atom. The summed E-state index contributed by atoms with van der Waals surface area (Å²) in [6.45, 7) is 5.22. The average Bonchev–Trinajstić information content (AvgIpc) is 3.03. The van der Waals surface area contributed by atoms with Gasteiger partial charge in [0.2, 0.25) is 0 Å². The standard InChI is InChI=1S/C40H72O4/c1-3-5-7-9-11-13-15-16-17-18-19-20-21-22-23-24-25-27-29-31-33-35-40(42)44-39(37-41)38-43-36-34-32-30-28-26-14-12-10-8-6-4-2/h5,7,11,13,16-17,19-20,39,41H,3-4,6,8-10,12,14-15,18,21-38H2,1-2H3/b7-5-,13-11-,17-16-,20-19-. The number of carbonyl (C=O) groups is 1. The van der Waals surface area contributed by atoms with E-state index >= 15 is 0 Å². The first-order chi connectivity index (χ1) is 21.7. The second kappa shape index (κ2) is 37.5. The predicted octanol–water partition coefficient (Wildman–Crippen LogP) is 11.9. The molecule has 0 aromatic rings. The second-order valence-corrected chi connectivity index (χ2v) is 12.3. The van der Waals surface area contributed by atoms with E-state index in [0.29, 0.717) is 19.6 Å². The van der Waals surface area contributed by atoms with Crippen molar-refractivity contribution in [3.8, 4) is 0 Å². The lowest BCUT2D eigenvalue weighted by Crippen LogP contribution is -2.27. The molecule has 1 N–H and O–H groups in total. The van der Waals surface area contributed by atoms with Crippen molar-refractivity contribution in [3.63, 3.8) is 0 Å². The van der Waals surface area contributed by atoms with Crippen LogP contribution in [-0.2, 0) is 14.3 Å². The Kier molecular flexibility index (Phi) is 36.1. The smallest absolute Gasteiger partial charge is 0.306 e. The van der Waals surface area contributed by atoms with Crippen LogP contribution in [0, 0.1) is 0 Å². The van der Waals surface area contributed by atoms with Crippen LogP contribution in [-0.4, -0.2) is 37.0 Å². The van der Waals surface area contributed by atoms with E-state index in [1.165, 1.54) is 109 Å². The monoisotopic (exact) mass is 617 g/mol. The highest BCUT2D eigenvalue weighted by atomic mass is 16.6. The highest BCUT2D eigenvalue weighted by Gasteiger charge is 2.13. The van der Waals surface area contributed by atoms with E-state index in [4.69, 9.17) is 9.47 Å². The highest BCUT2D eigenvalue weighted by Crippen LogP contribution is 2.13. The van der Waals surface area contributed by atoms with Crippen LogP contribution in [0.2, 0.25) is 0 Å². The molecule has 0 aliphatic rings. The normalized spacial score (nSPS) is 12.9. The maximum absolute atomic E-state index is 12.1. The van der Waals surface area contributed by atoms with E-state index in [-0.39, 0.29) is 12.6 Å². The number of hydrogen-bond acceptors (Lipinski definition) is 4. The van der Waals surface area contributed by atoms with Crippen LogP contribution >= 0.6 is 0 Å². The van der Waals surface area contributed by atoms with Gasteiger partial charge in [-0.2, -0.15) is 0 Å². The lowest BCUT2D eigenvalue weighted by molar-refractivity contribution is -0.154. The maximum atomic E-state index is 12.1. The molecule has 4 nitrogen and oxygen atoms in total. The maximum Gasteiger partial charge on any atom is 0.306 e. The van der Waals surface area contributed by atoms with Gasteiger partial charge < -0.3 is 14.6 Å². The molecule has 0 aliphatic carbocycles. The largest absolute Gasteiger partial charge is 0.457 e. The first kappa shape index (κ1) is 42.3. The van der Waals surface area contributed by atoms with Crippen molar-refractivity contribution in [2.24, 2.45) is 0 Å². The van der Waals surface area contributed by atoms with Gasteiger partial charge in [0.1, 0.15) is 6.10 Å². The minimum atomic E-state index is -0.535. The molecule has 0 aromatic carbocycles. The van der Waals surface area contributed by atoms with Crippen LogP contribution in [0.1, 0.15) is 174 Å². The molecule has 0 bridgehead atoms. The van der Waals surface area contributed by atoms with Crippen LogP contribution in [0.4, 0.5) is 0 Å². The topological polar surface area (TPSA) is 55.8 Å². The number of esters is 1. The van der Waals surface area contributed by atoms with Gasteiger partial charge in [-0.1, -0.05) is 165 Å². The third kappa shape index (κ3) is 34.8. The van der Waals surface area contributed by atoms with Crippen molar-refractivity contribution in [2.75, 3.05) is 19.8 Å². The highest BCUT2D eigenvalue weighted by molar-refractivity contribution is 5.69. The second-order valence-electron chi connectivity index (χ2n) is 12.3. The molecule has 0 rings (SSSR count). The van der Waals surface area contributed by atoms with Crippen molar-refractivity contribution in [1.29, 1.82) is 0 Å². The van der Waals surface area contributed by atoms with Gasteiger partial charge in [0.05, 0.1) is 13.2 Å². The third-order valence-corrected chi connectivity index (χ3v) is 7.92. The Morgan fingerprint density at radius 1 is 0.568 bits per heavy atom. The molecule has 0 amide bonds. The van der Waals surface area contributed by atoms with Crippen LogP contribution < -0.4 is 0 Å². The van der Waals surface area contributed by atoms with Crippen molar-refractivity contribution in [2.45, 2.75) is 180 Å². The SMILES string of the molecule is CC/C=C\C/C=C\C/C=C\C/C=C\CCCCCCCCCCC(=O)OC(CO)COCCCCCCCCCCCCC. The zero-order valence-corrected chi connectivity index (χ0v) is 29.2. The quantitative estimate of drug-likeness (QED) is 0.0444. The summed E-state index contributed by atoms with van der Waals surface area (Å²) in [6, 6.07) is 0. The van der Waals surface area contributed by atoms with Crippen molar-refractivity contribution in [1.82, 2.24) is 0 Å². The minimum Gasteiger partial charge on any atom is -0.457 e. The van der Waals surface area contributed by atoms with E-state index in [1.807, 2.05) is 0 Å². The van der Waals surface area contributed by atoms with E-state index in [2.05, 4.69) is 62.5 Å². The first-order valence-corrected chi connectivity index (χ1v) is 18.7. The Labute approximate surface area is 273 Å². The number of carbonyl (C=O) groups excluding carboxylic acids is 1. The molecule has 0 saturated carbocycles. The van der Waals surface area contributed by atoms with E-state index in [1.54, 1.807) is 0 Å². The summed E-state index contributed by atoms with van der Waals surface area (Å²) in [5.41, 5.74) is 0. The fraction of sp³-hybridized carbons (Fsp3) is 0.775. The van der Waals surface area contributed by atoms with E-state index in [0.717, 1.165) is 44.9 Å². The Hall–Kier alpha value is -1.65. The van der Waals surface area contributed by atoms with E-state index < -0.39 is 6.10 Å². The molecular weight excluding hydrogens is 544 g/mol. The molecule has 0 aromatic heterocycles. The molecule has 4 heteroatoms. The summed E-state index contributed by atoms with van der Waals surface area (Å²) in [4.78, 5) is 12.1. The van der Waals surface area contributed by atoms with Gasteiger partial charge in [0.15, 0.2) is 0 Å². The van der Waals surface area contributed by atoms with Gasteiger partial charge in [-0.3, -0.25) is 4.79 Å². The number of allylic oxidation sites excluding steroid dienone is 8. The zero-order chi connectivity index (χ0) is 32.0. The molecular formula is C40H72O4. The van der Waals surface area contributed by atoms with Crippen molar-refractivity contribution >= 4 is 5.97 Å². The number of ether oxygens (including phenoxy) is 2. The average molecular weight is 617 g/mol. The van der Waals surface area contributed by atoms with Crippen LogP contribution in [0.25, 0.3) is 0 Å². The van der Waals surface area contributed by atoms with Gasteiger partial charge >= 0.3 is 5.97 Å². The molecule has 0 aliphatic heterocycles. The summed E-state index contributed by atoms with van der Waals surface area (Å²) >= 11 is 0. The Bertz CT molecular complexity index is 693. The fourth-order valence-corrected chi connectivity index (χ4v) is 5.14. The van der Waals surface area contributed by atoms with Gasteiger partial charge in [-0.25, -0.2) is 0 Å². The summed E-state index contributed by atoms with van der Waals surface area (Å²) in [7, 11) is 0. The fourth-order valence-electron chi connectivity index (χ4n) is 5.14. The number of aliphatic hydroxyl groups excluding tert-OH is 1. The predicted molar refractivity (Wildman–Crippen MR) is 191 cm³/mol. The molecule has 256 valence electrons. The Balaban J connectivity index is 3.47.